The van der Waals surface area contributed by atoms with E-state index in [2.05, 4.69) is 45.7 Å². The third kappa shape index (κ3) is 2.14. The topological polar surface area (TPSA) is 78.8 Å². The van der Waals surface area contributed by atoms with Crippen molar-refractivity contribution in [2.24, 2.45) is 35.0 Å². The van der Waals surface area contributed by atoms with Gasteiger partial charge in [0.2, 0.25) is 5.91 Å². The Balaban J connectivity index is 1.74. The van der Waals surface area contributed by atoms with Crippen molar-refractivity contribution in [2.75, 3.05) is 0 Å². The lowest BCUT2D eigenvalue weighted by Crippen LogP contribution is -2.72. The van der Waals surface area contributed by atoms with Crippen molar-refractivity contribution in [1.29, 1.82) is 0 Å². The zero-order valence-corrected chi connectivity index (χ0v) is 18.1. The Morgan fingerprint density at radius 2 is 2.10 bits per heavy atom. The highest BCUT2D eigenvalue weighted by Crippen LogP contribution is 2.72. The van der Waals surface area contributed by atoms with Gasteiger partial charge in [-0.25, -0.2) is 0 Å². The van der Waals surface area contributed by atoms with Crippen LogP contribution in [-0.4, -0.2) is 39.7 Å². The monoisotopic (exact) mass is 401 g/mol. The average molecular weight is 402 g/mol. The second-order valence-electron chi connectivity index (χ2n) is 10.9. The maximum atomic E-state index is 13.8. The van der Waals surface area contributed by atoms with Crippen molar-refractivity contribution in [3.63, 3.8) is 0 Å². The van der Waals surface area contributed by atoms with Crippen LogP contribution in [0, 0.1) is 35.0 Å². The third-order valence-electron chi connectivity index (χ3n) is 9.09. The van der Waals surface area contributed by atoms with E-state index in [1.807, 2.05) is 0 Å². The summed E-state index contributed by atoms with van der Waals surface area (Å²) in [6.45, 7) is 13.1. The van der Waals surface area contributed by atoms with Crippen LogP contribution in [0.2, 0.25) is 0 Å². The fourth-order valence-electron chi connectivity index (χ4n) is 7.94. The molecular formula is C24H35NO4. The van der Waals surface area contributed by atoms with Crippen LogP contribution >= 0.6 is 0 Å². The Morgan fingerprint density at radius 1 is 1.38 bits per heavy atom. The van der Waals surface area contributed by atoms with E-state index in [1.54, 1.807) is 0 Å². The number of amides is 1. The molecule has 5 aliphatic rings. The normalized spacial score (nSPS) is 53.3. The van der Waals surface area contributed by atoms with Crippen molar-refractivity contribution < 1.29 is 19.7 Å². The first-order valence-electron chi connectivity index (χ1n) is 11.4. The number of fused-ring (bicyclic) bond motifs is 2. The van der Waals surface area contributed by atoms with Gasteiger partial charge in [0.05, 0.1) is 6.10 Å². The van der Waals surface area contributed by atoms with Gasteiger partial charge in [0, 0.05) is 30.2 Å². The van der Waals surface area contributed by atoms with Crippen LogP contribution in [0.4, 0.5) is 0 Å². The SMILES string of the molecule is C=C1CC[C@@H](O)[C@]23CC[C@](O)(O2)C24C(=O)N[C@@H](CC(C)C)[C@@H]2[C@H](C)C(C)=C[C@@H]4[C@@H]13. The third-order valence-corrected chi connectivity index (χ3v) is 9.09. The lowest BCUT2D eigenvalue weighted by atomic mass is 9.47. The summed E-state index contributed by atoms with van der Waals surface area (Å²) in [7, 11) is 0. The van der Waals surface area contributed by atoms with Gasteiger partial charge in [0.15, 0.2) is 5.79 Å². The van der Waals surface area contributed by atoms with Crippen LogP contribution in [0.15, 0.2) is 23.8 Å². The van der Waals surface area contributed by atoms with Crippen LogP contribution in [0.25, 0.3) is 0 Å². The lowest BCUT2D eigenvalue weighted by Gasteiger charge is -2.62. The molecule has 3 saturated heterocycles. The molecule has 9 atom stereocenters. The molecule has 0 aromatic heterocycles. The highest BCUT2D eigenvalue weighted by atomic mass is 16.7. The second kappa shape index (κ2) is 5.95. The lowest BCUT2D eigenvalue weighted by molar-refractivity contribution is -0.356. The van der Waals surface area contributed by atoms with Gasteiger partial charge >= 0.3 is 0 Å². The van der Waals surface area contributed by atoms with E-state index in [-0.39, 0.29) is 35.6 Å². The van der Waals surface area contributed by atoms with Crippen molar-refractivity contribution in [1.82, 2.24) is 5.32 Å². The van der Waals surface area contributed by atoms with Crippen molar-refractivity contribution >= 4 is 5.91 Å². The van der Waals surface area contributed by atoms with Gasteiger partial charge in [-0.3, -0.25) is 4.79 Å². The first-order valence-corrected chi connectivity index (χ1v) is 11.4. The average Bonchev–Trinajstić information content (AvgIpc) is 3.10. The van der Waals surface area contributed by atoms with Crippen molar-refractivity contribution in [2.45, 2.75) is 83.3 Å². The van der Waals surface area contributed by atoms with Crippen LogP contribution in [0.3, 0.4) is 0 Å². The Hall–Kier alpha value is -1.17. The molecule has 5 rings (SSSR count). The number of aliphatic hydroxyl groups excluding tert-OH is 1. The van der Waals surface area contributed by atoms with Gasteiger partial charge in [-0.15, -0.1) is 0 Å². The fraction of sp³-hybridized carbons (Fsp3) is 0.792. The maximum Gasteiger partial charge on any atom is 0.232 e. The molecule has 160 valence electrons. The molecule has 1 amide bonds. The van der Waals surface area contributed by atoms with Crippen molar-refractivity contribution in [3.8, 4) is 0 Å². The molecule has 3 heterocycles. The molecule has 3 N–H and O–H groups in total. The molecule has 1 unspecified atom stereocenters. The van der Waals surface area contributed by atoms with Gasteiger partial charge < -0.3 is 20.3 Å². The molecule has 1 saturated carbocycles. The molecule has 2 bridgehead atoms. The molecule has 4 fully saturated rings. The minimum Gasteiger partial charge on any atom is -0.390 e. The van der Waals surface area contributed by atoms with Gasteiger partial charge in [-0.1, -0.05) is 44.6 Å². The minimum absolute atomic E-state index is 0.0196. The molecule has 0 aromatic rings. The van der Waals surface area contributed by atoms with E-state index < -0.39 is 22.9 Å². The maximum absolute atomic E-state index is 13.8. The van der Waals surface area contributed by atoms with E-state index in [0.29, 0.717) is 25.2 Å². The highest BCUT2D eigenvalue weighted by molar-refractivity contribution is 5.89. The highest BCUT2D eigenvalue weighted by Gasteiger charge is 2.81. The van der Waals surface area contributed by atoms with Crippen LogP contribution in [0.5, 0.6) is 0 Å². The summed E-state index contributed by atoms with van der Waals surface area (Å²) in [6, 6.07) is 0.0196. The number of allylic oxidation sites excluding steroid dienone is 2. The summed E-state index contributed by atoms with van der Waals surface area (Å²) in [5, 5.41) is 26.3. The number of carbonyl (C=O) groups is 1. The number of nitrogens with one attached hydrogen (secondary N) is 1. The number of hydrogen-bond donors (Lipinski definition) is 3. The predicted octanol–water partition coefficient (Wildman–Crippen LogP) is 2.92. The van der Waals surface area contributed by atoms with E-state index >= 15 is 0 Å². The van der Waals surface area contributed by atoms with Crippen molar-refractivity contribution in [3.05, 3.63) is 23.8 Å². The molecule has 0 radical (unpaired) electrons. The van der Waals surface area contributed by atoms with Gasteiger partial charge in [0.1, 0.15) is 11.0 Å². The smallest absolute Gasteiger partial charge is 0.232 e. The van der Waals surface area contributed by atoms with Gasteiger partial charge in [-0.05, 0) is 44.4 Å². The Kier molecular flexibility index (Phi) is 4.06. The summed E-state index contributed by atoms with van der Waals surface area (Å²) in [5.74, 6) is -1.34. The fourth-order valence-corrected chi connectivity index (χ4v) is 7.94. The predicted molar refractivity (Wildman–Crippen MR) is 110 cm³/mol. The zero-order valence-electron chi connectivity index (χ0n) is 18.1. The van der Waals surface area contributed by atoms with E-state index in [4.69, 9.17) is 4.74 Å². The summed E-state index contributed by atoms with van der Waals surface area (Å²) >= 11 is 0. The van der Waals surface area contributed by atoms with E-state index in [1.165, 1.54) is 5.57 Å². The van der Waals surface area contributed by atoms with E-state index in [0.717, 1.165) is 18.4 Å². The Labute approximate surface area is 173 Å². The molecule has 2 aliphatic carbocycles. The quantitative estimate of drug-likeness (QED) is 0.622. The first-order chi connectivity index (χ1) is 13.6. The molecular weight excluding hydrogens is 366 g/mol. The standard InChI is InChI=1S/C24H35NO4/c1-12(2)10-17-20-15(5)14(4)11-16-19-13(3)6-7-18(26)22(19)8-9-23(28,29-22)24(16,20)21(27)25-17/h11-12,15-20,26,28H,3,6-10H2,1-2,4-5H3,(H,25,27)/t15-,16-,17+,18-,19-,20+,22+,23+,24?/m1/s1. The summed E-state index contributed by atoms with van der Waals surface area (Å²) < 4.78 is 6.50. The molecule has 5 nitrogen and oxygen atoms in total. The zero-order chi connectivity index (χ0) is 20.9. The van der Waals surface area contributed by atoms with Crippen LogP contribution in [-0.2, 0) is 9.53 Å². The molecule has 0 aromatic carbocycles. The molecule has 29 heavy (non-hydrogen) atoms. The van der Waals surface area contributed by atoms with Crippen LogP contribution in [0.1, 0.15) is 59.8 Å². The number of ether oxygens (including phenoxy) is 1. The van der Waals surface area contributed by atoms with Gasteiger partial charge in [0.25, 0.3) is 0 Å². The summed E-state index contributed by atoms with van der Waals surface area (Å²) in [4.78, 5) is 13.8. The molecule has 2 spiro atoms. The molecule has 3 aliphatic heterocycles. The summed E-state index contributed by atoms with van der Waals surface area (Å²) in [6.07, 6.45) is 4.79. The number of rotatable bonds is 2. The number of carbonyl (C=O) groups excluding carboxylic acids is 1. The minimum atomic E-state index is -1.54. The first kappa shape index (κ1) is 19.8. The second-order valence-corrected chi connectivity index (χ2v) is 10.9. The summed E-state index contributed by atoms with van der Waals surface area (Å²) in [5.41, 5.74) is 0.490. The number of hydrogen-bond acceptors (Lipinski definition) is 4. The van der Waals surface area contributed by atoms with E-state index in [9.17, 15) is 15.0 Å². The Bertz CT molecular complexity index is 805. The van der Waals surface area contributed by atoms with Crippen LogP contribution < -0.4 is 5.32 Å². The largest absolute Gasteiger partial charge is 0.390 e. The Morgan fingerprint density at radius 3 is 2.79 bits per heavy atom. The number of aliphatic hydroxyl groups is 2. The molecule has 5 heteroatoms. The van der Waals surface area contributed by atoms with Gasteiger partial charge in [-0.2, -0.15) is 0 Å².